The lowest BCUT2D eigenvalue weighted by molar-refractivity contribution is -0.137. The first-order valence-electron chi connectivity index (χ1n) is 9.70. The van der Waals surface area contributed by atoms with Gasteiger partial charge in [0.25, 0.3) is 5.91 Å². The molecule has 172 valence electrons. The molecule has 3 heterocycles. The molecule has 33 heavy (non-hydrogen) atoms. The Morgan fingerprint density at radius 1 is 1.15 bits per heavy atom. The number of halogens is 4. The maximum atomic E-state index is 13.1. The van der Waals surface area contributed by atoms with Crippen molar-refractivity contribution in [3.8, 4) is 0 Å². The molecule has 1 aliphatic heterocycles. The van der Waals surface area contributed by atoms with Gasteiger partial charge < -0.3 is 10.7 Å². The maximum Gasteiger partial charge on any atom is 0.416 e. The minimum absolute atomic E-state index is 0.0130. The van der Waals surface area contributed by atoms with Crippen molar-refractivity contribution in [3.05, 3.63) is 75.4 Å². The number of anilines is 2. The summed E-state index contributed by atoms with van der Waals surface area (Å²) in [5.41, 5.74) is 9.27. The van der Waals surface area contributed by atoms with Gasteiger partial charge in [-0.15, -0.1) is 5.53 Å². The third-order valence-electron chi connectivity index (χ3n) is 5.16. The van der Waals surface area contributed by atoms with Gasteiger partial charge in [-0.25, -0.2) is 0 Å². The predicted octanol–water partition coefficient (Wildman–Crippen LogP) is 4.29. The van der Waals surface area contributed by atoms with Crippen molar-refractivity contribution < 1.29 is 18.0 Å². The number of rotatable bonds is 4. The molecule has 0 fully saturated rings. The minimum atomic E-state index is -4.53. The first-order valence-corrected chi connectivity index (χ1v) is 10.5. The summed E-state index contributed by atoms with van der Waals surface area (Å²) in [6, 6.07) is 4.82. The third-order valence-corrected chi connectivity index (χ3v) is 5.62. The largest absolute Gasteiger partial charge is 0.416 e. The number of benzene rings is 1. The number of nitrogens with zero attached hydrogens (tertiary/aromatic N) is 4. The molecule has 1 amide bonds. The van der Waals surface area contributed by atoms with Gasteiger partial charge in [-0.1, -0.05) is 15.9 Å². The quantitative estimate of drug-likeness (QED) is 0.474. The molecule has 0 saturated heterocycles. The number of pyridine rings is 1. The summed E-state index contributed by atoms with van der Waals surface area (Å²) in [5, 5.41) is 8.40. The van der Waals surface area contributed by atoms with E-state index in [0.29, 0.717) is 11.4 Å². The van der Waals surface area contributed by atoms with Gasteiger partial charge in [-0.3, -0.25) is 19.5 Å². The van der Waals surface area contributed by atoms with E-state index >= 15 is 0 Å². The van der Waals surface area contributed by atoms with Crippen LogP contribution in [-0.4, -0.2) is 20.7 Å². The van der Waals surface area contributed by atoms with Gasteiger partial charge in [0, 0.05) is 40.9 Å². The van der Waals surface area contributed by atoms with Gasteiger partial charge in [0.15, 0.2) is 0 Å². The number of hydrazine groups is 2. The first-order chi connectivity index (χ1) is 15.5. The van der Waals surface area contributed by atoms with Crippen molar-refractivity contribution in [3.63, 3.8) is 0 Å². The highest BCUT2D eigenvalue weighted by Gasteiger charge is 2.31. The number of carbonyl (C=O) groups excluding carboxylic acids is 1. The number of amides is 1. The van der Waals surface area contributed by atoms with Crippen molar-refractivity contribution in [1.29, 1.82) is 0 Å². The number of aromatic nitrogens is 3. The third kappa shape index (κ3) is 4.71. The van der Waals surface area contributed by atoms with E-state index in [2.05, 4.69) is 42.3 Å². The molecule has 3 aromatic rings. The Hall–Kier alpha value is -3.38. The zero-order valence-corrected chi connectivity index (χ0v) is 19.3. The predicted molar refractivity (Wildman–Crippen MR) is 121 cm³/mol. The van der Waals surface area contributed by atoms with Crippen LogP contribution in [0.5, 0.6) is 0 Å². The molecule has 12 heteroatoms. The van der Waals surface area contributed by atoms with Gasteiger partial charge in [0.05, 0.1) is 34.4 Å². The highest BCUT2D eigenvalue weighted by molar-refractivity contribution is 9.10. The van der Waals surface area contributed by atoms with Crippen molar-refractivity contribution in [2.75, 3.05) is 10.3 Å². The highest BCUT2D eigenvalue weighted by atomic mass is 79.9. The summed E-state index contributed by atoms with van der Waals surface area (Å²) < 4.78 is 41.2. The van der Waals surface area contributed by atoms with Crippen LogP contribution in [0.3, 0.4) is 0 Å². The van der Waals surface area contributed by atoms with Gasteiger partial charge in [0.2, 0.25) is 0 Å². The fraction of sp³-hybridized carbons (Fsp3) is 0.190. The van der Waals surface area contributed by atoms with Crippen LogP contribution in [0.4, 0.5) is 24.5 Å². The van der Waals surface area contributed by atoms with E-state index in [4.69, 9.17) is 0 Å². The van der Waals surface area contributed by atoms with Crippen LogP contribution in [0.25, 0.3) is 5.70 Å². The summed E-state index contributed by atoms with van der Waals surface area (Å²) in [7, 11) is 1.85. The molecule has 0 bridgehead atoms. The fourth-order valence-electron chi connectivity index (χ4n) is 3.26. The second-order valence-electron chi connectivity index (χ2n) is 7.43. The Bertz CT molecular complexity index is 1270. The van der Waals surface area contributed by atoms with Gasteiger partial charge >= 0.3 is 6.18 Å². The normalized spacial score (nSPS) is 13.7. The van der Waals surface area contributed by atoms with E-state index in [9.17, 15) is 18.0 Å². The number of alkyl halides is 3. The zero-order valence-electron chi connectivity index (χ0n) is 17.8. The standard InChI is InChI=1S/C21H19BrF3N7O/c1-11-19(32-10-18(29-30-32)17-9-27-31(3)12(17)2)4-13(8-26-11)20(33)28-16-6-14(21(23,24)25)5-15(22)7-16/h4-10,29-30H,1-3H3,(H,28,33). The summed E-state index contributed by atoms with van der Waals surface area (Å²) >= 11 is 3.05. The molecule has 0 unspecified atom stereocenters. The monoisotopic (exact) mass is 521 g/mol. The maximum absolute atomic E-state index is 13.1. The molecule has 1 aromatic carbocycles. The first kappa shape index (κ1) is 22.8. The zero-order chi connectivity index (χ0) is 23.9. The number of carbonyl (C=O) groups is 1. The average Bonchev–Trinajstić information content (AvgIpc) is 3.34. The molecule has 1 aliphatic rings. The number of hydrogen-bond donors (Lipinski definition) is 3. The molecule has 4 rings (SSSR count). The van der Waals surface area contributed by atoms with E-state index in [1.807, 2.05) is 14.0 Å². The molecule has 0 atom stereocenters. The summed E-state index contributed by atoms with van der Waals surface area (Å²) in [6.45, 7) is 3.72. The minimum Gasteiger partial charge on any atom is -0.322 e. The van der Waals surface area contributed by atoms with Crippen molar-refractivity contribution in [2.45, 2.75) is 20.0 Å². The highest BCUT2D eigenvalue weighted by Crippen LogP contribution is 2.33. The van der Waals surface area contributed by atoms with Crippen LogP contribution in [0.2, 0.25) is 0 Å². The second-order valence-corrected chi connectivity index (χ2v) is 8.34. The van der Waals surface area contributed by atoms with Crippen molar-refractivity contribution in [2.24, 2.45) is 7.05 Å². The second kappa shape index (κ2) is 8.52. The molecule has 3 N–H and O–H groups in total. The number of aryl methyl sites for hydroxylation is 2. The average molecular weight is 522 g/mol. The van der Waals surface area contributed by atoms with Gasteiger partial charge in [-0.05, 0) is 38.1 Å². The van der Waals surface area contributed by atoms with Crippen LogP contribution in [0, 0.1) is 13.8 Å². The smallest absolute Gasteiger partial charge is 0.322 e. The van der Waals surface area contributed by atoms with Crippen LogP contribution < -0.4 is 21.3 Å². The molecule has 0 spiro atoms. The SMILES string of the molecule is Cc1ncc(C(=O)Nc2cc(Br)cc(C(F)(F)F)c2)cc1N1C=C(c2cnn(C)c2C)NN1. The molecule has 0 saturated carbocycles. The topological polar surface area (TPSA) is 87.1 Å². The van der Waals surface area contributed by atoms with Gasteiger partial charge in [0.1, 0.15) is 0 Å². The molecular formula is C21H19BrF3N7O. The van der Waals surface area contributed by atoms with Crippen molar-refractivity contribution >= 4 is 38.9 Å². The fourth-order valence-corrected chi connectivity index (χ4v) is 3.76. The molecule has 0 radical (unpaired) electrons. The Morgan fingerprint density at radius 3 is 2.58 bits per heavy atom. The summed E-state index contributed by atoms with van der Waals surface area (Å²) in [4.78, 5) is 17.0. The molecular weight excluding hydrogens is 503 g/mol. The molecule has 0 aliphatic carbocycles. The Labute approximate surface area is 195 Å². The Morgan fingerprint density at radius 2 is 1.91 bits per heavy atom. The number of nitrogens with one attached hydrogen (secondary N) is 3. The van der Waals surface area contributed by atoms with Gasteiger partial charge in [-0.2, -0.15) is 18.3 Å². The lowest BCUT2D eigenvalue weighted by Gasteiger charge is -2.18. The van der Waals surface area contributed by atoms with E-state index in [-0.39, 0.29) is 15.7 Å². The van der Waals surface area contributed by atoms with E-state index in [1.54, 1.807) is 35.1 Å². The summed E-state index contributed by atoms with van der Waals surface area (Å²) in [5.74, 6) is -0.588. The Kier molecular flexibility index (Phi) is 5.89. The van der Waals surface area contributed by atoms with E-state index < -0.39 is 17.6 Å². The van der Waals surface area contributed by atoms with E-state index in [1.165, 1.54) is 12.3 Å². The molecule has 8 nitrogen and oxygen atoms in total. The number of hydrogen-bond acceptors (Lipinski definition) is 6. The van der Waals surface area contributed by atoms with Crippen molar-refractivity contribution in [1.82, 2.24) is 25.7 Å². The lowest BCUT2D eigenvalue weighted by Crippen LogP contribution is -2.36. The van der Waals surface area contributed by atoms with Crippen LogP contribution in [0.15, 0.2) is 47.3 Å². The summed E-state index contributed by atoms with van der Waals surface area (Å²) in [6.07, 6.45) is 0.379. The lowest BCUT2D eigenvalue weighted by atomic mass is 10.1. The van der Waals surface area contributed by atoms with Crippen LogP contribution in [-0.2, 0) is 13.2 Å². The van der Waals surface area contributed by atoms with Crippen LogP contribution >= 0.6 is 15.9 Å². The van der Waals surface area contributed by atoms with Crippen LogP contribution in [0.1, 0.15) is 32.9 Å². The van der Waals surface area contributed by atoms with E-state index in [0.717, 1.165) is 29.1 Å². The molecule has 2 aromatic heterocycles. The Balaban J connectivity index is 1.59.